The van der Waals surface area contributed by atoms with E-state index in [2.05, 4.69) is 0 Å². The molecule has 0 saturated heterocycles. The van der Waals surface area contributed by atoms with Crippen LogP contribution in [-0.2, 0) is 22.1 Å². The molecule has 5 nitrogen and oxygen atoms in total. The third-order valence-corrected chi connectivity index (χ3v) is 6.77. The van der Waals surface area contributed by atoms with E-state index in [0.717, 1.165) is 21.6 Å². The van der Waals surface area contributed by atoms with Crippen LogP contribution in [0.3, 0.4) is 0 Å². The second-order valence-corrected chi connectivity index (χ2v) is 10.0. The van der Waals surface area contributed by atoms with Gasteiger partial charge in [-0.2, -0.15) is 0 Å². The Bertz CT molecular complexity index is 1110. The molecule has 0 fully saturated rings. The Hall–Kier alpha value is -2.68. The van der Waals surface area contributed by atoms with E-state index < -0.39 is 23.4 Å². The minimum Gasteiger partial charge on any atom is -0.481 e. The van der Waals surface area contributed by atoms with Gasteiger partial charge in [0.2, 0.25) is 0 Å². The minimum absolute atomic E-state index is 0.273. The molecule has 0 aliphatic heterocycles. The van der Waals surface area contributed by atoms with Crippen molar-refractivity contribution in [1.29, 1.82) is 0 Å². The van der Waals surface area contributed by atoms with Crippen LogP contribution in [-0.4, -0.2) is 39.0 Å². The van der Waals surface area contributed by atoms with Crippen LogP contribution in [0.5, 0.6) is 5.75 Å². The van der Waals surface area contributed by atoms with Crippen molar-refractivity contribution in [3.8, 4) is 16.9 Å². The predicted octanol–water partition coefficient (Wildman–Crippen LogP) is 5.22. The van der Waals surface area contributed by atoms with Gasteiger partial charge in [-0.25, -0.2) is 13.5 Å². The number of aliphatic carboxylic acids is 1. The number of hydrogen-bond acceptors (Lipinski definition) is 5. The summed E-state index contributed by atoms with van der Waals surface area (Å²) in [5.74, 6) is -0.373. The van der Waals surface area contributed by atoms with Gasteiger partial charge in [-0.1, -0.05) is 25.1 Å². The second-order valence-electron chi connectivity index (χ2n) is 7.01. The molecule has 0 aromatic heterocycles. The summed E-state index contributed by atoms with van der Waals surface area (Å²) >= 11 is 1.49. The fourth-order valence-corrected chi connectivity index (χ4v) is 4.76. The first-order valence-corrected chi connectivity index (χ1v) is 12.1. The topological polar surface area (TPSA) is 66.8 Å². The molecule has 1 N–H and O–H groups in total. The Morgan fingerprint density at radius 2 is 1.88 bits per heavy atom. The van der Waals surface area contributed by atoms with Crippen LogP contribution < -0.4 is 4.74 Å². The standard InChI is InChI=1S/C24H24FNO4S2/c1-3-32(29)21-6-4-5-18(14-21)22-13-17(7-12-23(22)30-16-24(27)28)15-26(2)31-20-10-8-19(25)9-11-20/h4-14H,3,15-16H2,1-2H3,(H,27,28). The Balaban J connectivity index is 1.88. The van der Waals surface area contributed by atoms with Crippen molar-refractivity contribution >= 4 is 28.7 Å². The monoisotopic (exact) mass is 473 g/mol. The highest BCUT2D eigenvalue weighted by molar-refractivity contribution is 7.97. The van der Waals surface area contributed by atoms with Crippen LogP contribution in [0.4, 0.5) is 4.39 Å². The van der Waals surface area contributed by atoms with Gasteiger partial charge in [-0.3, -0.25) is 4.21 Å². The van der Waals surface area contributed by atoms with Gasteiger partial charge in [0, 0.05) is 27.7 Å². The first kappa shape index (κ1) is 24.0. The summed E-state index contributed by atoms with van der Waals surface area (Å²) in [5.41, 5.74) is 2.53. The molecule has 0 radical (unpaired) electrons. The molecule has 0 amide bonds. The summed E-state index contributed by atoms with van der Waals surface area (Å²) in [6, 6.07) is 19.3. The molecule has 32 heavy (non-hydrogen) atoms. The lowest BCUT2D eigenvalue weighted by atomic mass is 10.0. The van der Waals surface area contributed by atoms with Gasteiger partial charge < -0.3 is 9.84 Å². The van der Waals surface area contributed by atoms with E-state index in [-0.39, 0.29) is 5.82 Å². The number of carbonyl (C=O) groups is 1. The van der Waals surface area contributed by atoms with E-state index in [1.807, 2.05) is 54.7 Å². The summed E-state index contributed by atoms with van der Waals surface area (Å²) in [5, 5.41) is 9.02. The third-order valence-electron chi connectivity index (χ3n) is 4.55. The quantitative estimate of drug-likeness (QED) is 0.407. The molecule has 1 unspecified atom stereocenters. The average molecular weight is 474 g/mol. The van der Waals surface area contributed by atoms with Crippen molar-refractivity contribution in [2.45, 2.75) is 23.3 Å². The fourth-order valence-electron chi connectivity index (χ4n) is 3.10. The van der Waals surface area contributed by atoms with E-state index in [0.29, 0.717) is 22.9 Å². The smallest absolute Gasteiger partial charge is 0.341 e. The molecule has 3 aromatic carbocycles. The lowest BCUT2D eigenvalue weighted by molar-refractivity contribution is -0.139. The first-order chi connectivity index (χ1) is 15.4. The highest BCUT2D eigenvalue weighted by Crippen LogP contribution is 2.33. The van der Waals surface area contributed by atoms with Gasteiger partial charge in [0.15, 0.2) is 6.61 Å². The van der Waals surface area contributed by atoms with Crippen LogP contribution in [0.25, 0.3) is 11.1 Å². The maximum atomic E-state index is 13.1. The van der Waals surface area contributed by atoms with E-state index in [4.69, 9.17) is 9.84 Å². The highest BCUT2D eigenvalue weighted by Gasteiger charge is 2.13. The van der Waals surface area contributed by atoms with Crippen molar-refractivity contribution in [2.24, 2.45) is 0 Å². The number of ether oxygens (including phenoxy) is 1. The van der Waals surface area contributed by atoms with Crippen molar-refractivity contribution in [2.75, 3.05) is 19.4 Å². The number of rotatable bonds is 10. The molecular weight excluding hydrogens is 449 g/mol. The average Bonchev–Trinajstić information content (AvgIpc) is 2.79. The summed E-state index contributed by atoms with van der Waals surface area (Å²) in [4.78, 5) is 12.6. The highest BCUT2D eigenvalue weighted by atomic mass is 32.2. The Morgan fingerprint density at radius 1 is 1.12 bits per heavy atom. The Labute approximate surface area is 193 Å². The maximum Gasteiger partial charge on any atom is 0.341 e. The van der Waals surface area contributed by atoms with Gasteiger partial charge in [-0.05, 0) is 78.7 Å². The molecule has 0 heterocycles. The number of carboxylic acids is 1. The second kappa shape index (κ2) is 11.3. The maximum absolute atomic E-state index is 13.1. The van der Waals surface area contributed by atoms with Crippen LogP contribution in [0, 0.1) is 5.82 Å². The van der Waals surface area contributed by atoms with E-state index >= 15 is 0 Å². The van der Waals surface area contributed by atoms with Gasteiger partial charge >= 0.3 is 5.97 Å². The minimum atomic E-state index is -1.10. The number of benzene rings is 3. The lowest BCUT2D eigenvalue weighted by Crippen LogP contribution is -2.11. The number of carboxylic acid groups (broad SMARTS) is 1. The van der Waals surface area contributed by atoms with Crippen LogP contribution in [0.2, 0.25) is 0 Å². The zero-order valence-corrected chi connectivity index (χ0v) is 19.4. The molecule has 0 saturated carbocycles. The molecular formula is C24H24FNO4S2. The zero-order chi connectivity index (χ0) is 23.1. The summed E-state index contributed by atoms with van der Waals surface area (Å²) < 4.78 is 32.9. The summed E-state index contributed by atoms with van der Waals surface area (Å²) in [6.07, 6.45) is 0. The SMILES string of the molecule is CCS(=O)c1cccc(-c2cc(CN(C)Sc3ccc(F)cc3)ccc2OCC(=O)O)c1. The molecule has 168 valence electrons. The van der Waals surface area contributed by atoms with Gasteiger partial charge in [-0.15, -0.1) is 0 Å². The number of halogens is 1. The van der Waals surface area contributed by atoms with Crippen molar-refractivity contribution < 1.29 is 23.2 Å². The van der Waals surface area contributed by atoms with Gasteiger partial charge in [0.1, 0.15) is 11.6 Å². The van der Waals surface area contributed by atoms with Crippen molar-refractivity contribution in [3.63, 3.8) is 0 Å². The predicted molar refractivity (Wildman–Crippen MR) is 126 cm³/mol. The first-order valence-electron chi connectivity index (χ1n) is 9.96. The van der Waals surface area contributed by atoms with E-state index in [9.17, 15) is 13.4 Å². The van der Waals surface area contributed by atoms with E-state index in [1.165, 1.54) is 24.1 Å². The summed E-state index contributed by atoms with van der Waals surface area (Å²) in [7, 11) is 0.834. The largest absolute Gasteiger partial charge is 0.481 e. The lowest BCUT2D eigenvalue weighted by Gasteiger charge is -2.18. The molecule has 3 rings (SSSR count). The number of hydrogen-bond donors (Lipinski definition) is 1. The van der Waals surface area contributed by atoms with Crippen LogP contribution in [0.1, 0.15) is 12.5 Å². The zero-order valence-electron chi connectivity index (χ0n) is 17.8. The van der Waals surface area contributed by atoms with Gasteiger partial charge in [0.05, 0.1) is 10.8 Å². The van der Waals surface area contributed by atoms with E-state index in [1.54, 1.807) is 18.2 Å². The molecule has 3 aromatic rings. The van der Waals surface area contributed by atoms with Crippen LogP contribution in [0.15, 0.2) is 76.5 Å². The fraction of sp³-hybridized carbons (Fsp3) is 0.208. The van der Waals surface area contributed by atoms with Crippen LogP contribution >= 0.6 is 11.9 Å². The Kier molecular flexibility index (Phi) is 8.44. The van der Waals surface area contributed by atoms with Crippen molar-refractivity contribution in [1.82, 2.24) is 4.31 Å². The number of nitrogens with zero attached hydrogens (tertiary/aromatic N) is 1. The van der Waals surface area contributed by atoms with Crippen molar-refractivity contribution in [3.05, 3.63) is 78.1 Å². The molecule has 0 spiro atoms. The molecule has 0 bridgehead atoms. The van der Waals surface area contributed by atoms with Gasteiger partial charge in [0.25, 0.3) is 0 Å². The molecule has 0 aliphatic carbocycles. The third kappa shape index (κ3) is 6.66. The molecule has 1 atom stereocenters. The Morgan fingerprint density at radius 3 is 2.56 bits per heavy atom. The summed E-state index contributed by atoms with van der Waals surface area (Å²) in [6.45, 7) is 2.00. The normalized spacial score (nSPS) is 12.0. The molecule has 8 heteroatoms. The molecule has 0 aliphatic rings.